The van der Waals surface area contributed by atoms with E-state index in [4.69, 9.17) is 0 Å². The summed E-state index contributed by atoms with van der Waals surface area (Å²) in [4.78, 5) is 18.1. The van der Waals surface area contributed by atoms with E-state index in [1.165, 1.54) is 0 Å². The number of amides is 1. The van der Waals surface area contributed by atoms with Crippen LogP contribution in [0.5, 0.6) is 5.75 Å². The number of benzene rings is 1. The molecule has 0 fully saturated rings. The van der Waals surface area contributed by atoms with Crippen LogP contribution in [0, 0.1) is 6.92 Å². The van der Waals surface area contributed by atoms with Crippen molar-refractivity contribution < 1.29 is 9.90 Å². The monoisotopic (exact) mass is 285 g/mol. The van der Waals surface area contributed by atoms with Crippen LogP contribution in [-0.4, -0.2) is 34.5 Å². The second-order valence-electron chi connectivity index (χ2n) is 5.05. The molecule has 21 heavy (non-hydrogen) atoms. The number of nitrogens with one attached hydrogen (secondary N) is 1. The number of rotatable bonds is 5. The molecule has 0 bridgehead atoms. The zero-order valence-corrected chi connectivity index (χ0v) is 12.2. The third kappa shape index (κ3) is 4.89. The summed E-state index contributed by atoms with van der Waals surface area (Å²) in [5, 5.41) is 12.0. The van der Waals surface area contributed by atoms with E-state index in [1.54, 1.807) is 18.2 Å². The number of likely N-dealkylation sites (N-methyl/N-ethyl adjacent to an activating group) is 1. The first-order valence-electron chi connectivity index (χ1n) is 6.73. The lowest BCUT2D eigenvalue weighted by Crippen LogP contribution is -2.30. The summed E-state index contributed by atoms with van der Waals surface area (Å²) in [7, 11) is 1.87. The molecule has 0 aliphatic carbocycles. The smallest absolute Gasteiger partial charge is 0.239 e. The highest BCUT2D eigenvalue weighted by atomic mass is 16.3. The Morgan fingerprint density at radius 1 is 1.24 bits per heavy atom. The maximum atomic E-state index is 11.9. The number of nitrogens with zero attached hydrogens (tertiary/aromatic N) is 2. The minimum Gasteiger partial charge on any atom is -0.508 e. The number of phenolic OH excluding ortho intramolecular Hbond substituents is 1. The van der Waals surface area contributed by atoms with Gasteiger partial charge in [-0.2, -0.15) is 0 Å². The van der Waals surface area contributed by atoms with Gasteiger partial charge in [-0.1, -0.05) is 18.2 Å². The lowest BCUT2D eigenvalue weighted by molar-refractivity contribution is -0.117. The second kappa shape index (κ2) is 6.85. The van der Waals surface area contributed by atoms with Crippen LogP contribution in [0.3, 0.4) is 0 Å². The Morgan fingerprint density at radius 3 is 2.62 bits per heavy atom. The first-order valence-corrected chi connectivity index (χ1v) is 6.73. The normalized spacial score (nSPS) is 10.6. The number of carbonyl (C=O) groups is 1. The molecule has 0 saturated carbocycles. The number of phenols is 1. The third-order valence-electron chi connectivity index (χ3n) is 2.96. The quantitative estimate of drug-likeness (QED) is 0.883. The lowest BCUT2D eigenvalue weighted by Gasteiger charge is -2.16. The predicted octanol–water partition coefficient (Wildman–Crippen LogP) is 2.17. The molecule has 5 nitrogen and oxygen atoms in total. The topological polar surface area (TPSA) is 65.5 Å². The average Bonchev–Trinajstić information content (AvgIpc) is 2.41. The fourth-order valence-electron chi connectivity index (χ4n) is 2.01. The van der Waals surface area contributed by atoms with Gasteiger partial charge in [-0.3, -0.25) is 9.69 Å². The van der Waals surface area contributed by atoms with Crippen LogP contribution in [0.4, 0.5) is 5.82 Å². The number of hydrogen-bond donors (Lipinski definition) is 2. The Kier molecular flexibility index (Phi) is 4.90. The Morgan fingerprint density at radius 2 is 1.95 bits per heavy atom. The van der Waals surface area contributed by atoms with E-state index in [9.17, 15) is 9.90 Å². The van der Waals surface area contributed by atoms with Crippen molar-refractivity contribution in [2.24, 2.45) is 0 Å². The first-order chi connectivity index (χ1) is 10.0. The SMILES string of the molecule is Cc1cccc(NC(=O)CN(C)Cc2ccc(O)cc2)n1. The lowest BCUT2D eigenvalue weighted by atomic mass is 10.2. The molecule has 0 saturated heterocycles. The van der Waals surface area contributed by atoms with Crippen LogP contribution < -0.4 is 5.32 Å². The van der Waals surface area contributed by atoms with Crippen LogP contribution in [0.25, 0.3) is 0 Å². The molecule has 1 aromatic carbocycles. The van der Waals surface area contributed by atoms with Crippen LogP contribution in [0.2, 0.25) is 0 Å². The molecule has 2 rings (SSSR count). The average molecular weight is 285 g/mol. The van der Waals surface area contributed by atoms with Crippen molar-refractivity contribution in [3.05, 3.63) is 53.7 Å². The summed E-state index contributed by atoms with van der Waals surface area (Å²) in [6.45, 7) is 2.79. The van der Waals surface area contributed by atoms with Crippen molar-refractivity contribution in [1.82, 2.24) is 9.88 Å². The molecule has 0 spiro atoms. The Hall–Kier alpha value is -2.40. The standard InChI is InChI=1S/C16H19N3O2/c1-12-4-3-5-15(17-12)18-16(21)11-19(2)10-13-6-8-14(20)9-7-13/h3-9,20H,10-11H2,1-2H3,(H,17,18,21). The Bertz CT molecular complexity index is 611. The number of carbonyl (C=O) groups excluding carboxylic acids is 1. The van der Waals surface area contributed by atoms with Gasteiger partial charge < -0.3 is 10.4 Å². The molecule has 110 valence electrons. The molecule has 0 aliphatic rings. The first kappa shape index (κ1) is 15.0. The number of pyridine rings is 1. The fourth-order valence-corrected chi connectivity index (χ4v) is 2.01. The molecule has 2 aromatic rings. The third-order valence-corrected chi connectivity index (χ3v) is 2.96. The number of hydrogen-bond acceptors (Lipinski definition) is 4. The van der Waals surface area contributed by atoms with Gasteiger partial charge in [0.25, 0.3) is 0 Å². The molecule has 1 heterocycles. The molecule has 5 heteroatoms. The van der Waals surface area contributed by atoms with Gasteiger partial charge in [0.05, 0.1) is 6.54 Å². The molecular weight excluding hydrogens is 266 g/mol. The number of anilines is 1. The summed E-state index contributed by atoms with van der Waals surface area (Å²) in [5.41, 5.74) is 1.90. The second-order valence-corrected chi connectivity index (χ2v) is 5.05. The van der Waals surface area contributed by atoms with E-state index >= 15 is 0 Å². The summed E-state index contributed by atoms with van der Waals surface area (Å²) < 4.78 is 0. The van der Waals surface area contributed by atoms with Crippen LogP contribution >= 0.6 is 0 Å². The molecule has 0 radical (unpaired) electrons. The summed E-state index contributed by atoms with van der Waals surface area (Å²) in [6.07, 6.45) is 0. The van der Waals surface area contributed by atoms with E-state index in [2.05, 4.69) is 10.3 Å². The molecular formula is C16H19N3O2. The zero-order valence-electron chi connectivity index (χ0n) is 12.2. The van der Waals surface area contributed by atoms with Gasteiger partial charge in [0.1, 0.15) is 11.6 Å². The molecule has 1 aromatic heterocycles. The van der Waals surface area contributed by atoms with Crippen molar-refractivity contribution in [1.29, 1.82) is 0 Å². The largest absolute Gasteiger partial charge is 0.508 e. The highest BCUT2D eigenvalue weighted by Crippen LogP contribution is 2.11. The molecule has 1 amide bonds. The molecule has 0 atom stereocenters. The van der Waals surface area contributed by atoms with Gasteiger partial charge >= 0.3 is 0 Å². The number of aromatic nitrogens is 1. The van der Waals surface area contributed by atoms with Gasteiger partial charge in [-0.25, -0.2) is 4.98 Å². The highest BCUT2D eigenvalue weighted by molar-refractivity contribution is 5.91. The summed E-state index contributed by atoms with van der Waals surface area (Å²) >= 11 is 0. The van der Waals surface area contributed by atoms with Gasteiger partial charge in [0, 0.05) is 12.2 Å². The molecule has 0 unspecified atom stereocenters. The van der Waals surface area contributed by atoms with Crippen LogP contribution in [0.1, 0.15) is 11.3 Å². The summed E-state index contributed by atoms with van der Waals surface area (Å²) in [5.74, 6) is 0.706. The number of aryl methyl sites for hydroxylation is 1. The van der Waals surface area contributed by atoms with Crippen LogP contribution in [0.15, 0.2) is 42.5 Å². The van der Waals surface area contributed by atoms with Gasteiger partial charge in [0.15, 0.2) is 0 Å². The maximum Gasteiger partial charge on any atom is 0.239 e. The molecule has 2 N–H and O–H groups in total. The van der Waals surface area contributed by atoms with Crippen molar-refractivity contribution in [3.63, 3.8) is 0 Å². The maximum absolute atomic E-state index is 11.9. The fraction of sp³-hybridized carbons (Fsp3) is 0.250. The van der Waals surface area contributed by atoms with Crippen molar-refractivity contribution in [3.8, 4) is 5.75 Å². The van der Waals surface area contributed by atoms with Gasteiger partial charge in [-0.05, 0) is 43.8 Å². The predicted molar refractivity (Wildman–Crippen MR) is 82.0 cm³/mol. The van der Waals surface area contributed by atoms with Gasteiger partial charge in [-0.15, -0.1) is 0 Å². The van der Waals surface area contributed by atoms with E-state index in [1.807, 2.05) is 43.1 Å². The van der Waals surface area contributed by atoms with Crippen molar-refractivity contribution >= 4 is 11.7 Å². The number of aromatic hydroxyl groups is 1. The molecule has 0 aliphatic heterocycles. The minimum absolute atomic E-state index is 0.102. The van der Waals surface area contributed by atoms with E-state index < -0.39 is 0 Å². The van der Waals surface area contributed by atoms with Crippen LogP contribution in [-0.2, 0) is 11.3 Å². The highest BCUT2D eigenvalue weighted by Gasteiger charge is 2.08. The zero-order chi connectivity index (χ0) is 15.2. The van der Waals surface area contributed by atoms with Crippen molar-refractivity contribution in [2.45, 2.75) is 13.5 Å². The van der Waals surface area contributed by atoms with E-state index in [-0.39, 0.29) is 18.2 Å². The summed E-state index contributed by atoms with van der Waals surface area (Å²) in [6, 6.07) is 12.5. The van der Waals surface area contributed by atoms with E-state index in [0.29, 0.717) is 12.4 Å². The van der Waals surface area contributed by atoms with Crippen molar-refractivity contribution in [2.75, 3.05) is 18.9 Å². The minimum atomic E-state index is -0.102. The Balaban J connectivity index is 1.86. The Labute approximate surface area is 124 Å². The van der Waals surface area contributed by atoms with Gasteiger partial charge in [0.2, 0.25) is 5.91 Å². The van der Waals surface area contributed by atoms with E-state index in [0.717, 1.165) is 11.3 Å².